The molecule has 2 rings (SSSR count). The van der Waals surface area contributed by atoms with E-state index in [4.69, 9.17) is 9.84 Å². The lowest BCUT2D eigenvalue weighted by molar-refractivity contribution is 0.0696. The third kappa shape index (κ3) is 3.69. The molecule has 1 aromatic heterocycles. The minimum Gasteiger partial charge on any atom is -0.495 e. The summed E-state index contributed by atoms with van der Waals surface area (Å²) in [6.45, 7) is 0. The molecule has 3 N–H and O–H groups in total. The van der Waals surface area contributed by atoms with E-state index in [9.17, 15) is 9.59 Å². The quantitative estimate of drug-likeness (QED) is 0.801. The van der Waals surface area contributed by atoms with Crippen molar-refractivity contribution < 1.29 is 19.4 Å². The lowest BCUT2D eigenvalue weighted by atomic mass is 10.2. The van der Waals surface area contributed by atoms with Crippen LogP contribution in [0.15, 0.2) is 42.7 Å². The summed E-state index contributed by atoms with van der Waals surface area (Å²) < 4.78 is 5.11. The summed E-state index contributed by atoms with van der Waals surface area (Å²) in [5.41, 5.74) is 0.771. The van der Waals surface area contributed by atoms with Crippen LogP contribution in [0.3, 0.4) is 0 Å². The van der Waals surface area contributed by atoms with E-state index in [-0.39, 0.29) is 11.3 Å². The number of carbonyl (C=O) groups excluding carboxylic acids is 1. The molecule has 7 nitrogen and oxygen atoms in total. The van der Waals surface area contributed by atoms with E-state index < -0.39 is 12.0 Å². The molecule has 0 saturated heterocycles. The van der Waals surface area contributed by atoms with Gasteiger partial charge >= 0.3 is 12.0 Å². The Kier molecular flexibility index (Phi) is 4.35. The second-order valence-electron chi connectivity index (χ2n) is 4.05. The van der Waals surface area contributed by atoms with Crippen LogP contribution in [0.25, 0.3) is 0 Å². The highest BCUT2D eigenvalue weighted by atomic mass is 16.5. The van der Waals surface area contributed by atoms with Gasteiger partial charge in [-0.1, -0.05) is 12.1 Å². The molecule has 2 amide bonds. The van der Waals surface area contributed by atoms with Crippen LogP contribution in [0.4, 0.5) is 16.2 Å². The first kappa shape index (κ1) is 14.3. The zero-order valence-electron chi connectivity index (χ0n) is 11.2. The zero-order chi connectivity index (χ0) is 15.2. The van der Waals surface area contributed by atoms with Crippen LogP contribution in [0.5, 0.6) is 5.75 Å². The van der Waals surface area contributed by atoms with Crippen molar-refractivity contribution in [3.63, 3.8) is 0 Å². The maximum absolute atomic E-state index is 11.9. The Bertz CT molecular complexity index is 673. The van der Waals surface area contributed by atoms with Crippen molar-refractivity contribution >= 4 is 23.4 Å². The van der Waals surface area contributed by atoms with Crippen molar-refractivity contribution in [1.82, 2.24) is 4.98 Å². The van der Waals surface area contributed by atoms with Crippen molar-refractivity contribution in [1.29, 1.82) is 0 Å². The van der Waals surface area contributed by atoms with Gasteiger partial charge in [0, 0.05) is 6.20 Å². The smallest absolute Gasteiger partial charge is 0.337 e. The van der Waals surface area contributed by atoms with E-state index in [2.05, 4.69) is 15.6 Å². The molecule has 0 radical (unpaired) electrons. The first-order valence-electron chi connectivity index (χ1n) is 5.99. The van der Waals surface area contributed by atoms with Crippen LogP contribution in [0.2, 0.25) is 0 Å². The van der Waals surface area contributed by atoms with Crippen molar-refractivity contribution in [2.45, 2.75) is 0 Å². The SMILES string of the molecule is COc1ccccc1NC(=O)Nc1cncc(C(=O)O)c1. The normalized spacial score (nSPS) is 9.76. The Morgan fingerprint density at radius 2 is 1.95 bits per heavy atom. The minimum absolute atomic E-state index is 0.00917. The summed E-state index contributed by atoms with van der Waals surface area (Å²) in [5, 5.41) is 14.0. The van der Waals surface area contributed by atoms with Crippen molar-refractivity contribution in [2.24, 2.45) is 0 Å². The molecule has 1 aromatic carbocycles. The van der Waals surface area contributed by atoms with Crippen molar-refractivity contribution in [3.8, 4) is 5.75 Å². The van der Waals surface area contributed by atoms with Crippen LogP contribution in [0.1, 0.15) is 10.4 Å². The van der Waals surface area contributed by atoms with E-state index >= 15 is 0 Å². The van der Waals surface area contributed by atoms with Crippen LogP contribution in [-0.4, -0.2) is 29.2 Å². The molecule has 0 fully saturated rings. The van der Waals surface area contributed by atoms with Gasteiger partial charge in [0.1, 0.15) is 5.75 Å². The molecule has 0 saturated carbocycles. The number of nitrogens with zero attached hydrogens (tertiary/aromatic N) is 1. The summed E-state index contributed by atoms with van der Waals surface area (Å²) in [6, 6.07) is 7.72. The summed E-state index contributed by atoms with van der Waals surface area (Å²) >= 11 is 0. The van der Waals surface area contributed by atoms with Crippen molar-refractivity contribution in [3.05, 3.63) is 48.3 Å². The predicted octanol–water partition coefficient (Wildman–Crippen LogP) is 2.43. The minimum atomic E-state index is -1.11. The first-order chi connectivity index (χ1) is 10.1. The second-order valence-corrected chi connectivity index (χ2v) is 4.05. The number of hydrogen-bond acceptors (Lipinski definition) is 4. The molecule has 0 bridgehead atoms. The average molecular weight is 287 g/mol. The first-order valence-corrected chi connectivity index (χ1v) is 5.99. The van der Waals surface area contributed by atoms with Gasteiger partial charge in [-0.05, 0) is 18.2 Å². The molecular weight excluding hydrogens is 274 g/mol. The van der Waals surface area contributed by atoms with E-state index in [1.54, 1.807) is 24.3 Å². The lowest BCUT2D eigenvalue weighted by Crippen LogP contribution is -2.20. The molecule has 0 spiro atoms. The van der Waals surface area contributed by atoms with Gasteiger partial charge in [-0.3, -0.25) is 4.98 Å². The third-order valence-corrected chi connectivity index (χ3v) is 2.60. The highest BCUT2D eigenvalue weighted by Gasteiger charge is 2.09. The highest BCUT2D eigenvalue weighted by Crippen LogP contribution is 2.23. The largest absolute Gasteiger partial charge is 0.495 e. The fourth-order valence-electron chi connectivity index (χ4n) is 1.66. The van der Waals surface area contributed by atoms with Gasteiger partial charge in [0.05, 0.1) is 30.2 Å². The van der Waals surface area contributed by atoms with Gasteiger partial charge in [-0.2, -0.15) is 0 Å². The monoisotopic (exact) mass is 287 g/mol. The van der Waals surface area contributed by atoms with Crippen molar-refractivity contribution in [2.75, 3.05) is 17.7 Å². The number of aromatic nitrogens is 1. The Morgan fingerprint density at radius 1 is 1.19 bits per heavy atom. The number of ether oxygens (including phenoxy) is 1. The highest BCUT2D eigenvalue weighted by molar-refractivity contribution is 6.01. The maximum Gasteiger partial charge on any atom is 0.337 e. The number of urea groups is 1. The van der Waals surface area contributed by atoms with Crippen LogP contribution in [0, 0.1) is 0 Å². The standard InChI is InChI=1S/C14H13N3O4/c1-21-12-5-3-2-4-11(12)17-14(20)16-10-6-9(13(18)19)7-15-8-10/h2-8H,1H3,(H,18,19)(H2,16,17,20). The molecular formula is C14H13N3O4. The van der Waals surface area contributed by atoms with E-state index in [0.717, 1.165) is 0 Å². The van der Waals surface area contributed by atoms with Gasteiger partial charge in [-0.25, -0.2) is 9.59 Å². The van der Waals surface area contributed by atoms with E-state index in [1.165, 1.54) is 25.6 Å². The summed E-state index contributed by atoms with van der Waals surface area (Å²) in [7, 11) is 1.50. The van der Waals surface area contributed by atoms with Gasteiger partial charge in [0.2, 0.25) is 0 Å². The van der Waals surface area contributed by atoms with Crippen LogP contribution >= 0.6 is 0 Å². The zero-order valence-corrected chi connectivity index (χ0v) is 11.2. The number of pyridine rings is 1. The van der Waals surface area contributed by atoms with E-state index in [1.807, 2.05) is 0 Å². The Balaban J connectivity index is 2.08. The fourth-order valence-corrected chi connectivity index (χ4v) is 1.66. The molecule has 108 valence electrons. The molecule has 0 atom stereocenters. The Hall–Kier alpha value is -3.09. The number of nitrogens with one attached hydrogen (secondary N) is 2. The molecule has 1 heterocycles. The number of amides is 2. The summed E-state index contributed by atoms with van der Waals surface area (Å²) in [5.74, 6) is -0.596. The number of methoxy groups -OCH3 is 1. The van der Waals surface area contributed by atoms with Crippen LogP contribution in [-0.2, 0) is 0 Å². The molecule has 7 heteroatoms. The Labute approximate surface area is 120 Å². The molecule has 0 aliphatic rings. The van der Waals surface area contributed by atoms with E-state index in [0.29, 0.717) is 11.4 Å². The number of carboxylic acids is 1. The number of carbonyl (C=O) groups is 2. The van der Waals surface area contributed by atoms with Gasteiger partial charge in [0.15, 0.2) is 0 Å². The van der Waals surface area contributed by atoms with Crippen LogP contribution < -0.4 is 15.4 Å². The molecule has 21 heavy (non-hydrogen) atoms. The average Bonchev–Trinajstić information content (AvgIpc) is 2.48. The topological polar surface area (TPSA) is 101 Å². The fraction of sp³-hybridized carbons (Fsp3) is 0.0714. The Morgan fingerprint density at radius 3 is 2.67 bits per heavy atom. The van der Waals surface area contributed by atoms with Gasteiger partial charge in [0.25, 0.3) is 0 Å². The number of rotatable bonds is 4. The van der Waals surface area contributed by atoms with Gasteiger partial charge in [-0.15, -0.1) is 0 Å². The van der Waals surface area contributed by atoms with Gasteiger partial charge < -0.3 is 20.5 Å². The molecule has 0 aliphatic heterocycles. The lowest BCUT2D eigenvalue weighted by Gasteiger charge is -2.10. The number of para-hydroxylation sites is 2. The number of anilines is 2. The predicted molar refractivity (Wildman–Crippen MR) is 76.8 cm³/mol. The number of hydrogen-bond donors (Lipinski definition) is 3. The molecule has 0 unspecified atom stereocenters. The molecule has 0 aliphatic carbocycles. The summed E-state index contributed by atoms with van der Waals surface area (Å²) in [6.07, 6.45) is 2.56. The number of carboxylic acid groups (broad SMARTS) is 1. The molecule has 2 aromatic rings. The third-order valence-electron chi connectivity index (χ3n) is 2.60. The number of aromatic carboxylic acids is 1. The summed E-state index contributed by atoms with van der Waals surface area (Å²) in [4.78, 5) is 26.5. The maximum atomic E-state index is 11.9. The second kappa shape index (κ2) is 6.38. The number of benzene rings is 1.